The minimum absolute atomic E-state index is 0.185. The number of hydrogen-bond acceptors (Lipinski definition) is 5. The zero-order valence-electron chi connectivity index (χ0n) is 14.0. The van der Waals surface area contributed by atoms with Crippen LogP contribution in [0.3, 0.4) is 0 Å². The van der Waals surface area contributed by atoms with Crippen molar-refractivity contribution in [2.75, 3.05) is 20.0 Å². The van der Waals surface area contributed by atoms with Gasteiger partial charge in [0.05, 0.1) is 26.2 Å². The molecule has 0 aliphatic rings. The highest BCUT2D eigenvalue weighted by molar-refractivity contribution is 7.99. The first kappa shape index (κ1) is 19.1. The summed E-state index contributed by atoms with van der Waals surface area (Å²) in [5, 5.41) is 4.68. The molecule has 132 valence electrons. The summed E-state index contributed by atoms with van der Waals surface area (Å²) in [5.74, 6) is 1.94. The Labute approximate surface area is 156 Å². The molecule has 1 amide bonds. The molecule has 0 aliphatic heterocycles. The summed E-state index contributed by atoms with van der Waals surface area (Å²) in [7, 11) is 3.12. The number of hydrogen-bond donors (Lipinski definition) is 1. The molecule has 2 aromatic carbocycles. The van der Waals surface area contributed by atoms with E-state index in [1.807, 2.05) is 36.4 Å². The van der Waals surface area contributed by atoms with Gasteiger partial charge < -0.3 is 9.47 Å². The van der Waals surface area contributed by atoms with Crippen molar-refractivity contribution in [1.82, 2.24) is 5.43 Å². The Morgan fingerprint density at radius 1 is 1.20 bits per heavy atom. The summed E-state index contributed by atoms with van der Waals surface area (Å²) >= 11 is 7.56. The van der Waals surface area contributed by atoms with Crippen LogP contribution in [-0.4, -0.2) is 32.1 Å². The molecule has 0 fully saturated rings. The van der Waals surface area contributed by atoms with Crippen LogP contribution < -0.4 is 14.9 Å². The third kappa shape index (κ3) is 5.69. The molecule has 0 bridgehead atoms. The largest absolute Gasteiger partial charge is 0.493 e. The molecule has 25 heavy (non-hydrogen) atoms. The minimum Gasteiger partial charge on any atom is -0.493 e. The number of ether oxygens (including phenoxy) is 2. The Morgan fingerprint density at radius 2 is 2.00 bits per heavy atom. The molecule has 1 N–H and O–H groups in total. The number of para-hydroxylation sites is 1. The van der Waals surface area contributed by atoms with Crippen LogP contribution in [0.1, 0.15) is 11.1 Å². The zero-order chi connectivity index (χ0) is 18.1. The van der Waals surface area contributed by atoms with Crippen LogP contribution in [0.2, 0.25) is 5.02 Å². The van der Waals surface area contributed by atoms with Gasteiger partial charge in [-0.2, -0.15) is 5.10 Å². The Bertz CT molecular complexity index is 753. The number of halogens is 1. The minimum atomic E-state index is -0.185. The van der Waals surface area contributed by atoms with Crippen molar-refractivity contribution < 1.29 is 14.3 Å². The highest BCUT2D eigenvalue weighted by Gasteiger charge is 2.07. The fourth-order valence-electron chi connectivity index (χ4n) is 2.09. The number of nitrogens with zero attached hydrogens (tertiary/aromatic N) is 1. The molecule has 5 nitrogen and oxygen atoms in total. The van der Waals surface area contributed by atoms with E-state index in [-0.39, 0.29) is 11.7 Å². The topological polar surface area (TPSA) is 59.9 Å². The molecule has 0 aromatic heterocycles. The van der Waals surface area contributed by atoms with E-state index >= 15 is 0 Å². The number of methoxy groups -OCH3 is 2. The third-order valence-corrected chi connectivity index (χ3v) is 4.63. The van der Waals surface area contributed by atoms with Crippen LogP contribution in [0.25, 0.3) is 0 Å². The molecule has 7 heteroatoms. The quantitative estimate of drug-likeness (QED) is 0.561. The molecule has 2 rings (SSSR count). The average Bonchev–Trinajstić information content (AvgIpc) is 2.63. The van der Waals surface area contributed by atoms with Crippen LogP contribution in [0.5, 0.6) is 11.5 Å². The lowest BCUT2D eigenvalue weighted by Crippen LogP contribution is -2.19. The lowest BCUT2D eigenvalue weighted by atomic mass is 10.2. The van der Waals surface area contributed by atoms with Gasteiger partial charge in [-0.1, -0.05) is 35.9 Å². The molecular weight excluding hydrogens is 360 g/mol. The molecule has 0 saturated carbocycles. The number of rotatable bonds is 8. The number of nitrogens with one attached hydrogen (secondary N) is 1. The van der Waals surface area contributed by atoms with Crippen LogP contribution in [0.4, 0.5) is 0 Å². The van der Waals surface area contributed by atoms with Gasteiger partial charge in [0.15, 0.2) is 11.5 Å². The van der Waals surface area contributed by atoms with Crippen molar-refractivity contribution in [3.05, 3.63) is 58.6 Å². The second-order valence-corrected chi connectivity index (χ2v) is 6.35. The first-order valence-electron chi connectivity index (χ1n) is 7.49. The first-order chi connectivity index (χ1) is 12.2. The maximum atomic E-state index is 11.9. The van der Waals surface area contributed by atoms with E-state index in [2.05, 4.69) is 10.5 Å². The van der Waals surface area contributed by atoms with E-state index in [9.17, 15) is 4.79 Å². The van der Waals surface area contributed by atoms with Gasteiger partial charge in [0.1, 0.15) is 0 Å². The standard InChI is InChI=1S/C18H19ClN2O3S/c1-23-16-9-5-7-13(18(16)24-2)10-20-21-17(22)12-25-11-14-6-3-4-8-15(14)19/h3-10H,11-12H2,1-2H3,(H,21,22)/b20-10-. The van der Waals surface area contributed by atoms with Crippen molar-refractivity contribution >= 4 is 35.5 Å². The average molecular weight is 379 g/mol. The van der Waals surface area contributed by atoms with E-state index in [1.165, 1.54) is 18.0 Å². The Balaban J connectivity index is 1.84. The summed E-state index contributed by atoms with van der Waals surface area (Å²) in [6.07, 6.45) is 1.53. The van der Waals surface area contributed by atoms with E-state index in [0.29, 0.717) is 27.8 Å². The molecule has 0 aliphatic carbocycles. The fourth-order valence-corrected chi connectivity index (χ4v) is 3.19. The van der Waals surface area contributed by atoms with Crippen LogP contribution >= 0.6 is 23.4 Å². The smallest absolute Gasteiger partial charge is 0.250 e. The van der Waals surface area contributed by atoms with Crippen molar-refractivity contribution in [2.24, 2.45) is 5.10 Å². The van der Waals surface area contributed by atoms with Crippen molar-refractivity contribution in [1.29, 1.82) is 0 Å². The number of carbonyl (C=O) groups excluding carboxylic acids is 1. The lowest BCUT2D eigenvalue weighted by Gasteiger charge is -2.09. The summed E-state index contributed by atoms with van der Waals surface area (Å²) < 4.78 is 10.5. The van der Waals surface area contributed by atoms with Crippen molar-refractivity contribution in [3.63, 3.8) is 0 Å². The number of benzene rings is 2. The van der Waals surface area contributed by atoms with E-state index in [1.54, 1.807) is 20.3 Å². The van der Waals surface area contributed by atoms with Gasteiger partial charge in [0.25, 0.3) is 0 Å². The van der Waals surface area contributed by atoms with Gasteiger partial charge in [-0.3, -0.25) is 4.79 Å². The van der Waals surface area contributed by atoms with Gasteiger partial charge in [-0.15, -0.1) is 11.8 Å². The van der Waals surface area contributed by atoms with Crippen LogP contribution in [0, 0.1) is 0 Å². The highest BCUT2D eigenvalue weighted by atomic mass is 35.5. The normalized spacial score (nSPS) is 10.7. The maximum absolute atomic E-state index is 11.9. The van der Waals surface area contributed by atoms with Gasteiger partial charge in [-0.05, 0) is 23.8 Å². The van der Waals surface area contributed by atoms with E-state index in [4.69, 9.17) is 21.1 Å². The number of hydrazone groups is 1. The predicted molar refractivity (Wildman–Crippen MR) is 103 cm³/mol. The maximum Gasteiger partial charge on any atom is 0.250 e. The second-order valence-electron chi connectivity index (χ2n) is 4.96. The second kappa shape index (κ2) is 9.96. The summed E-state index contributed by atoms with van der Waals surface area (Å²) in [4.78, 5) is 11.9. The summed E-state index contributed by atoms with van der Waals surface area (Å²) in [5.41, 5.74) is 4.22. The van der Waals surface area contributed by atoms with Crippen LogP contribution in [0.15, 0.2) is 47.6 Å². The van der Waals surface area contributed by atoms with Gasteiger partial charge in [-0.25, -0.2) is 5.43 Å². The molecule has 0 unspecified atom stereocenters. The zero-order valence-corrected chi connectivity index (χ0v) is 15.6. The molecule has 0 atom stereocenters. The molecule has 0 saturated heterocycles. The van der Waals surface area contributed by atoms with E-state index < -0.39 is 0 Å². The summed E-state index contributed by atoms with van der Waals surface area (Å²) in [6.45, 7) is 0. The van der Waals surface area contributed by atoms with E-state index in [0.717, 1.165) is 5.56 Å². The molecule has 0 heterocycles. The van der Waals surface area contributed by atoms with Crippen molar-refractivity contribution in [2.45, 2.75) is 5.75 Å². The molecule has 0 spiro atoms. The number of amides is 1. The summed E-state index contributed by atoms with van der Waals surface area (Å²) in [6, 6.07) is 13.0. The van der Waals surface area contributed by atoms with Gasteiger partial charge in [0.2, 0.25) is 5.91 Å². The molecule has 0 radical (unpaired) electrons. The Kier molecular flexibility index (Phi) is 7.63. The highest BCUT2D eigenvalue weighted by Crippen LogP contribution is 2.29. The van der Waals surface area contributed by atoms with Crippen LogP contribution in [-0.2, 0) is 10.5 Å². The molecule has 2 aromatic rings. The van der Waals surface area contributed by atoms with Gasteiger partial charge in [0, 0.05) is 16.3 Å². The van der Waals surface area contributed by atoms with Gasteiger partial charge >= 0.3 is 0 Å². The molecular formula is C18H19ClN2O3S. The fraction of sp³-hybridized carbons (Fsp3) is 0.222. The Hall–Kier alpha value is -2.18. The van der Waals surface area contributed by atoms with Crippen molar-refractivity contribution in [3.8, 4) is 11.5 Å². The SMILES string of the molecule is COc1cccc(/C=N\NC(=O)CSCc2ccccc2Cl)c1OC. The number of thioether (sulfide) groups is 1. The Morgan fingerprint density at radius 3 is 2.72 bits per heavy atom. The monoisotopic (exact) mass is 378 g/mol. The first-order valence-corrected chi connectivity index (χ1v) is 9.03. The predicted octanol–water partition coefficient (Wildman–Crippen LogP) is 3.74. The lowest BCUT2D eigenvalue weighted by molar-refractivity contribution is -0.118. The number of carbonyl (C=O) groups is 1. The third-order valence-electron chi connectivity index (χ3n) is 3.27.